The molecule has 1 aromatic heterocycles. The van der Waals surface area contributed by atoms with E-state index >= 15 is 0 Å². The Morgan fingerprint density at radius 2 is 2.00 bits per heavy atom. The second-order valence-electron chi connectivity index (χ2n) is 5.66. The van der Waals surface area contributed by atoms with Crippen LogP contribution in [0, 0.1) is 3.57 Å². The summed E-state index contributed by atoms with van der Waals surface area (Å²) in [5.41, 5.74) is 1.50. The van der Waals surface area contributed by atoms with E-state index in [1.165, 1.54) is 0 Å². The van der Waals surface area contributed by atoms with Crippen molar-refractivity contribution in [3.8, 4) is 0 Å². The summed E-state index contributed by atoms with van der Waals surface area (Å²) >= 11 is 2.12. The van der Waals surface area contributed by atoms with Gasteiger partial charge in [0.2, 0.25) is 5.91 Å². The van der Waals surface area contributed by atoms with Crippen molar-refractivity contribution in [1.82, 2.24) is 15.2 Å². The molecule has 0 saturated carbocycles. The molecule has 1 aromatic carbocycles. The number of halogens is 1. The van der Waals surface area contributed by atoms with Crippen molar-refractivity contribution >= 4 is 34.4 Å². The maximum Gasteiger partial charge on any atom is 0.252 e. The Labute approximate surface area is 154 Å². The Morgan fingerprint density at radius 3 is 2.75 bits per heavy atom. The highest BCUT2D eigenvalue weighted by atomic mass is 127. The van der Waals surface area contributed by atoms with Crippen LogP contribution in [-0.4, -0.2) is 34.8 Å². The molecule has 6 heteroatoms. The van der Waals surface area contributed by atoms with Crippen molar-refractivity contribution < 1.29 is 9.59 Å². The molecule has 1 aliphatic heterocycles. The van der Waals surface area contributed by atoms with Gasteiger partial charge in [0.05, 0.1) is 23.8 Å². The Morgan fingerprint density at radius 1 is 1.21 bits per heavy atom. The van der Waals surface area contributed by atoms with Gasteiger partial charge in [-0.15, -0.1) is 0 Å². The molecular weight excluding hydrogens is 417 g/mol. The Balaban J connectivity index is 1.62. The molecular formula is C18H18IN3O2. The molecule has 1 saturated heterocycles. The minimum atomic E-state index is -0.220. The molecule has 24 heavy (non-hydrogen) atoms. The number of carbonyl (C=O) groups excluding carboxylic acids is 2. The predicted molar refractivity (Wildman–Crippen MR) is 99.4 cm³/mol. The molecule has 0 aliphatic carbocycles. The largest absolute Gasteiger partial charge is 0.343 e. The van der Waals surface area contributed by atoms with Gasteiger partial charge in [-0.2, -0.15) is 0 Å². The van der Waals surface area contributed by atoms with Crippen LogP contribution >= 0.6 is 22.6 Å². The summed E-state index contributed by atoms with van der Waals surface area (Å²) in [6.45, 7) is 0.714. The number of aromatic nitrogens is 1. The van der Waals surface area contributed by atoms with Gasteiger partial charge in [-0.1, -0.05) is 18.2 Å². The highest BCUT2D eigenvalue weighted by molar-refractivity contribution is 14.1. The monoisotopic (exact) mass is 435 g/mol. The van der Waals surface area contributed by atoms with Crippen LogP contribution in [0.2, 0.25) is 0 Å². The van der Waals surface area contributed by atoms with Crippen LogP contribution in [-0.2, 0) is 4.79 Å². The fourth-order valence-corrected chi connectivity index (χ4v) is 3.58. The number of amides is 2. The smallest absolute Gasteiger partial charge is 0.252 e. The predicted octanol–water partition coefficient (Wildman–Crippen LogP) is 2.78. The number of nitrogens with one attached hydrogen (secondary N) is 1. The molecule has 1 atom stereocenters. The van der Waals surface area contributed by atoms with E-state index in [0.29, 0.717) is 12.1 Å². The lowest BCUT2D eigenvalue weighted by molar-refractivity contribution is -0.131. The van der Waals surface area contributed by atoms with E-state index in [0.717, 1.165) is 22.1 Å². The van der Waals surface area contributed by atoms with Crippen molar-refractivity contribution in [3.05, 3.63) is 63.5 Å². The average molecular weight is 435 g/mol. The Kier molecular flexibility index (Phi) is 5.44. The van der Waals surface area contributed by atoms with E-state index in [2.05, 4.69) is 32.9 Å². The second-order valence-corrected chi connectivity index (χ2v) is 6.82. The van der Waals surface area contributed by atoms with Gasteiger partial charge in [-0.05, 0) is 59.7 Å². The lowest BCUT2D eigenvalue weighted by Crippen LogP contribution is -2.40. The van der Waals surface area contributed by atoms with Gasteiger partial charge in [-0.25, -0.2) is 0 Å². The molecule has 124 valence electrons. The minimum absolute atomic E-state index is 0.00691. The van der Waals surface area contributed by atoms with Gasteiger partial charge in [-0.3, -0.25) is 14.6 Å². The molecule has 2 heterocycles. The quantitative estimate of drug-likeness (QED) is 0.752. The number of pyridine rings is 1. The van der Waals surface area contributed by atoms with Gasteiger partial charge in [0.1, 0.15) is 0 Å². The van der Waals surface area contributed by atoms with E-state index < -0.39 is 0 Å². The first-order valence-corrected chi connectivity index (χ1v) is 8.98. The standard InChI is InChI=1S/C18H18IN3O2/c19-14-7-2-1-6-13(14)18(24)21-12-17(23)22-11-5-9-16(22)15-8-3-4-10-20-15/h1-4,6-8,10,16H,5,9,11-12H2,(H,21,24). The highest BCUT2D eigenvalue weighted by Gasteiger charge is 2.30. The molecule has 2 aromatic rings. The number of hydrogen-bond donors (Lipinski definition) is 1. The van der Waals surface area contributed by atoms with Crippen LogP contribution in [0.25, 0.3) is 0 Å². The number of likely N-dealkylation sites (tertiary alicyclic amines) is 1. The van der Waals surface area contributed by atoms with Crippen LogP contribution in [0.15, 0.2) is 48.7 Å². The second kappa shape index (κ2) is 7.74. The summed E-state index contributed by atoms with van der Waals surface area (Å²) in [7, 11) is 0. The van der Waals surface area contributed by atoms with Gasteiger partial charge >= 0.3 is 0 Å². The molecule has 0 radical (unpaired) electrons. The van der Waals surface area contributed by atoms with Gasteiger partial charge in [0.25, 0.3) is 5.91 Å². The summed E-state index contributed by atoms with van der Waals surface area (Å²) in [5, 5.41) is 2.73. The van der Waals surface area contributed by atoms with E-state index in [1.54, 1.807) is 12.3 Å². The number of benzene rings is 1. The van der Waals surface area contributed by atoms with Crippen LogP contribution in [0.5, 0.6) is 0 Å². The number of carbonyl (C=O) groups is 2. The summed E-state index contributed by atoms with van der Waals surface area (Å²) in [4.78, 5) is 31.0. The van der Waals surface area contributed by atoms with Crippen LogP contribution in [0.3, 0.4) is 0 Å². The Bertz CT molecular complexity index is 736. The van der Waals surface area contributed by atoms with Gasteiger partial charge in [0, 0.05) is 16.3 Å². The third kappa shape index (κ3) is 3.75. The van der Waals surface area contributed by atoms with Gasteiger partial charge < -0.3 is 10.2 Å². The number of rotatable bonds is 4. The molecule has 1 fully saturated rings. The molecule has 1 N–H and O–H groups in total. The fraction of sp³-hybridized carbons (Fsp3) is 0.278. The zero-order chi connectivity index (χ0) is 16.9. The maximum absolute atomic E-state index is 12.5. The summed E-state index contributed by atoms with van der Waals surface area (Å²) in [6.07, 6.45) is 3.61. The van der Waals surface area contributed by atoms with Crippen molar-refractivity contribution in [2.75, 3.05) is 13.1 Å². The van der Waals surface area contributed by atoms with E-state index in [-0.39, 0.29) is 24.4 Å². The van der Waals surface area contributed by atoms with E-state index in [9.17, 15) is 9.59 Å². The first-order chi connectivity index (χ1) is 11.7. The normalized spacial score (nSPS) is 16.9. The molecule has 1 aliphatic rings. The lowest BCUT2D eigenvalue weighted by atomic mass is 10.1. The molecule has 1 unspecified atom stereocenters. The van der Waals surface area contributed by atoms with Crippen LogP contribution in [0.4, 0.5) is 0 Å². The molecule has 0 spiro atoms. The highest BCUT2D eigenvalue weighted by Crippen LogP contribution is 2.30. The van der Waals surface area contributed by atoms with Crippen LogP contribution in [0.1, 0.15) is 34.9 Å². The number of hydrogen-bond acceptors (Lipinski definition) is 3. The number of nitrogens with zero attached hydrogens (tertiary/aromatic N) is 2. The van der Waals surface area contributed by atoms with E-state index in [4.69, 9.17) is 0 Å². The third-order valence-electron chi connectivity index (χ3n) is 4.12. The molecule has 2 amide bonds. The van der Waals surface area contributed by atoms with Crippen molar-refractivity contribution in [3.63, 3.8) is 0 Å². The van der Waals surface area contributed by atoms with Gasteiger partial charge in [0.15, 0.2) is 0 Å². The fourth-order valence-electron chi connectivity index (χ4n) is 2.94. The zero-order valence-corrected chi connectivity index (χ0v) is 15.3. The molecule has 3 rings (SSSR count). The zero-order valence-electron chi connectivity index (χ0n) is 13.1. The maximum atomic E-state index is 12.5. The summed E-state index contributed by atoms with van der Waals surface area (Å²) < 4.78 is 0.868. The Hall–Kier alpha value is -1.96. The van der Waals surface area contributed by atoms with Crippen molar-refractivity contribution in [2.24, 2.45) is 0 Å². The van der Waals surface area contributed by atoms with Crippen molar-refractivity contribution in [1.29, 1.82) is 0 Å². The molecule has 5 nitrogen and oxygen atoms in total. The summed E-state index contributed by atoms with van der Waals surface area (Å²) in [6, 6.07) is 13.1. The summed E-state index contributed by atoms with van der Waals surface area (Å²) in [5.74, 6) is -0.288. The molecule has 0 bridgehead atoms. The lowest BCUT2D eigenvalue weighted by Gasteiger charge is -2.24. The first-order valence-electron chi connectivity index (χ1n) is 7.90. The average Bonchev–Trinajstić information content (AvgIpc) is 3.10. The SMILES string of the molecule is O=C(NCC(=O)N1CCCC1c1ccccn1)c1ccccc1I. The third-order valence-corrected chi connectivity index (χ3v) is 5.06. The topological polar surface area (TPSA) is 62.3 Å². The van der Waals surface area contributed by atoms with Crippen molar-refractivity contribution in [2.45, 2.75) is 18.9 Å². The van der Waals surface area contributed by atoms with Crippen LogP contribution < -0.4 is 5.32 Å². The first kappa shape index (κ1) is 16.9. The minimum Gasteiger partial charge on any atom is -0.343 e. The van der Waals surface area contributed by atoms with E-state index in [1.807, 2.05) is 41.3 Å².